The predicted molar refractivity (Wildman–Crippen MR) is 71.2 cm³/mol. The van der Waals surface area contributed by atoms with E-state index in [0.717, 1.165) is 5.56 Å². The fourth-order valence-electron chi connectivity index (χ4n) is 1.72. The molecule has 19 heavy (non-hydrogen) atoms. The highest BCUT2D eigenvalue weighted by Crippen LogP contribution is 2.29. The van der Waals surface area contributed by atoms with E-state index in [1.54, 1.807) is 33.3 Å². The van der Waals surface area contributed by atoms with Crippen molar-refractivity contribution >= 4 is 0 Å². The Morgan fingerprint density at radius 3 is 2.47 bits per heavy atom. The molecule has 2 aromatic rings. The summed E-state index contributed by atoms with van der Waals surface area (Å²) < 4.78 is 10.3. The van der Waals surface area contributed by atoms with Crippen LogP contribution in [0.3, 0.4) is 0 Å². The minimum atomic E-state index is -0.614. The first-order valence-electron chi connectivity index (χ1n) is 5.90. The molecule has 1 atom stereocenters. The van der Waals surface area contributed by atoms with Gasteiger partial charge in [-0.15, -0.1) is 0 Å². The summed E-state index contributed by atoms with van der Waals surface area (Å²) in [6.07, 6.45) is -0.614. The lowest BCUT2D eigenvalue weighted by atomic mass is 10.1. The van der Waals surface area contributed by atoms with Gasteiger partial charge in [0.1, 0.15) is 0 Å². The second-order valence-corrected chi connectivity index (χ2v) is 4.03. The van der Waals surface area contributed by atoms with Crippen molar-refractivity contribution in [2.24, 2.45) is 0 Å². The Labute approximate surface area is 111 Å². The Bertz CT molecular complexity index is 570. The van der Waals surface area contributed by atoms with Gasteiger partial charge in [-0.25, -0.2) is 4.98 Å². The average molecular weight is 260 g/mol. The van der Waals surface area contributed by atoms with Crippen LogP contribution in [0.1, 0.15) is 18.7 Å². The molecule has 1 N–H and O–H groups in total. The van der Waals surface area contributed by atoms with Gasteiger partial charge in [0.05, 0.1) is 37.3 Å². The van der Waals surface area contributed by atoms with E-state index in [1.807, 2.05) is 18.2 Å². The van der Waals surface area contributed by atoms with Gasteiger partial charge < -0.3 is 14.6 Å². The van der Waals surface area contributed by atoms with E-state index in [2.05, 4.69) is 9.97 Å². The lowest BCUT2D eigenvalue weighted by molar-refractivity contribution is 0.194. The Morgan fingerprint density at radius 2 is 1.84 bits per heavy atom. The molecule has 2 aromatic heterocycles. The zero-order valence-corrected chi connectivity index (χ0v) is 11.1. The van der Waals surface area contributed by atoms with Crippen LogP contribution in [0.25, 0.3) is 11.3 Å². The van der Waals surface area contributed by atoms with Crippen molar-refractivity contribution in [3.63, 3.8) is 0 Å². The monoisotopic (exact) mass is 260 g/mol. The van der Waals surface area contributed by atoms with Gasteiger partial charge in [-0.05, 0) is 25.1 Å². The molecule has 0 saturated heterocycles. The Morgan fingerprint density at radius 1 is 1.05 bits per heavy atom. The third-order valence-corrected chi connectivity index (χ3v) is 2.71. The number of nitrogens with zero attached hydrogens (tertiary/aromatic N) is 2. The number of aromatic nitrogens is 2. The molecule has 0 aliphatic rings. The first-order chi connectivity index (χ1) is 9.15. The summed E-state index contributed by atoms with van der Waals surface area (Å²) in [7, 11) is 3.09. The predicted octanol–water partition coefficient (Wildman–Crippen LogP) is 2.21. The standard InChI is InChI=1S/C14H16N2O3/c1-9(17)11-5-4-6-12(15-11)10-7-8-13(18-2)16-14(10)19-3/h4-9,17H,1-3H3/t9-/m1/s1. The van der Waals surface area contributed by atoms with Gasteiger partial charge in [-0.1, -0.05) is 6.07 Å². The van der Waals surface area contributed by atoms with Gasteiger partial charge >= 0.3 is 0 Å². The zero-order valence-electron chi connectivity index (χ0n) is 11.1. The van der Waals surface area contributed by atoms with Crippen molar-refractivity contribution < 1.29 is 14.6 Å². The molecule has 2 heterocycles. The molecule has 0 radical (unpaired) electrons. The molecular weight excluding hydrogens is 244 g/mol. The van der Waals surface area contributed by atoms with E-state index in [0.29, 0.717) is 23.1 Å². The third kappa shape index (κ3) is 2.82. The van der Waals surface area contributed by atoms with Crippen molar-refractivity contribution in [1.82, 2.24) is 9.97 Å². The smallest absolute Gasteiger partial charge is 0.225 e. The van der Waals surface area contributed by atoms with Crippen LogP contribution in [0.4, 0.5) is 0 Å². The van der Waals surface area contributed by atoms with Gasteiger partial charge in [0.15, 0.2) is 0 Å². The number of hydrogen-bond donors (Lipinski definition) is 1. The summed E-state index contributed by atoms with van der Waals surface area (Å²) in [4.78, 5) is 8.61. The molecule has 0 aromatic carbocycles. The summed E-state index contributed by atoms with van der Waals surface area (Å²) in [5, 5.41) is 9.57. The van der Waals surface area contributed by atoms with Crippen LogP contribution in [0, 0.1) is 0 Å². The van der Waals surface area contributed by atoms with Crippen molar-refractivity contribution in [3.8, 4) is 23.0 Å². The molecule has 0 spiro atoms. The maximum Gasteiger partial charge on any atom is 0.225 e. The van der Waals surface area contributed by atoms with Crippen molar-refractivity contribution in [2.75, 3.05) is 14.2 Å². The topological polar surface area (TPSA) is 64.5 Å². The van der Waals surface area contributed by atoms with Crippen LogP contribution in [-0.2, 0) is 0 Å². The number of methoxy groups -OCH3 is 2. The van der Waals surface area contributed by atoms with Crippen LogP contribution in [-0.4, -0.2) is 29.3 Å². The molecule has 5 heteroatoms. The molecule has 0 bridgehead atoms. The summed E-state index contributed by atoms with van der Waals surface area (Å²) in [6.45, 7) is 1.68. The molecule has 0 aliphatic carbocycles. The summed E-state index contributed by atoms with van der Waals surface area (Å²) in [6, 6.07) is 9.04. The fourth-order valence-corrected chi connectivity index (χ4v) is 1.72. The second kappa shape index (κ2) is 5.67. The SMILES string of the molecule is COc1ccc(-c2cccc([C@@H](C)O)n2)c(OC)n1. The molecule has 0 fully saturated rings. The van der Waals surface area contributed by atoms with Crippen LogP contribution in [0.15, 0.2) is 30.3 Å². The summed E-state index contributed by atoms with van der Waals surface area (Å²) >= 11 is 0. The highest BCUT2D eigenvalue weighted by atomic mass is 16.5. The largest absolute Gasteiger partial charge is 0.481 e. The van der Waals surface area contributed by atoms with E-state index in [9.17, 15) is 5.11 Å². The molecular formula is C14H16N2O3. The Balaban J connectivity index is 2.49. The van der Waals surface area contributed by atoms with Gasteiger partial charge in [0.25, 0.3) is 0 Å². The summed E-state index contributed by atoms with van der Waals surface area (Å²) in [5.41, 5.74) is 2.06. The first-order valence-corrected chi connectivity index (χ1v) is 5.90. The number of pyridine rings is 2. The maximum absolute atomic E-state index is 9.57. The van der Waals surface area contributed by atoms with Crippen LogP contribution < -0.4 is 9.47 Å². The molecule has 0 aliphatic heterocycles. The van der Waals surface area contributed by atoms with E-state index >= 15 is 0 Å². The lowest BCUT2D eigenvalue weighted by Crippen LogP contribution is -1.99. The Kier molecular flexibility index (Phi) is 3.97. The number of hydrogen-bond acceptors (Lipinski definition) is 5. The molecule has 0 amide bonds. The highest BCUT2D eigenvalue weighted by Gasteiger charge is 2.12. The quantitative estimate of drug-likeness (QED) is 0.913. The average Bonchev–Trinajstić information content (AvgIpc) is 2.46. The lowest BCUT2D eigenvalue weighted by Gasteiger charge is -2.10. The molecule has 100 valence electrons. The molecule has 2 rings (SSSR count). The van der Waals surface area contributed by atoms with E-state index < -0.39 is 6.10 Å². The van der Waals surface area contributed by atoms with Crippen LogP contribution in [0.5, 0.6) is 11.8 Å². The molecule has 0 unspecified atom stereocenters. The minimum absolute atomic E-state index is 0.439. The van der Waals surface area contributed by atoms with Crippen LogP contribution in [0.2, 0.25) is 0 Å². The van der Waals surface area contributed by atoms with Crippen molar-refractivity contribution in [1.29, 1.82) is 0 Å². The maximum atomic E-state index is 9.57. The van der Waals surface area contributed by atoms with Crippen LogP contribution >= 0.6 is 0 Å². The normalized spacial score (nSPS) is 12.0. The number of aliphatic hydroxyl groups is 1. The first kappa shape index (κ1) is 13.3. The molecule has 5 nitrogen and oxygen atoms in total. The number of aliphatic hydroxyl groups excluding tert-OH is 1. The van der Waals surface area contributed by atoms with Crippen molar-refractivity contribution in [2.45, 2.75) is 13.0 Å². The highest BCUT2D eigenvalue weighted by molar-refractivity contribution is 5.65. The van der Waals surface area contributed by atoms with Gasteiger partial charge in [0, 0.05) is 6.07 Å². The fraction of sp³-hybridized carbons (Fsp3) is 0.286. The van der Waals surface area contributed by atoms with E-state index in [-0.39, 0.29) is 0 Å². The van der Waals surface area contributed by atoms with Gasteiger partial charge in [-0.3, -0.25) is 0 Å². The Hall–Kier alpha value is -2.14. The second-order valence-electron chi connectivity index (χ2n) is 4.03. The zero-order chi connectivity index (χ0) is 13.8. The van der Waals surface area contributed by atoms with Crippen molar-refractivity contribution in [3.05, 3.63) is 36.0 Å². The minimum Gasteiger partial charge on any atom is -0.481 e. The third-order valence-electron chi connectivity index (χ3n) is 2.71. The van der Waals surface area contributed by atoms with E-state index in [1.165, 1.54) is 0 Å². The van der Waals surface area contributed by atoms with Gasteiger partial charge in [-0.2, -0.15) is 4.98 Å². The van der Waals surface area contributed by atoms with E-state index in [4.69, 9.17) is 9.47 Å². The van der Waals surface area contributed by atoms with Gasteiger partial charge in [0.2, 0.25) is 11.8 Å². The number of rotatable bonds is 4. The number of ether oxygens (including phenoxy) is 2. The molecule has 0 saturated carbocycles. The summed E-state index contributed by atoms with van der Waals surface area (Å²) in [5.74, 6) is 0.918.